The van der Waals surface area contributed by atoms with Gasteiger partial charge in [-0.1, -0.05) is 42.5 Å². The van der Waals surface area contributed by atoms with Crippen molar-refractivity contribution < 1.29 is 0 Å². The number of nitrogens with one attached hydrogen (secondary N) is 1. The van der Waals surface area contributed by atoms with Crippen LogP contribution in [0.2, 0.25) is 0 Å². The molecule has 1 N–H and O–H groups in total. The Balaban J connectivity index is 1.87. The van der Waals surface area contributed by atoms with Gasteiger partial charge >= 0.3 is 0 Å². The van der Waals surface area contributed by atoms with E-state index in [0.717, 1.165) is 34.6 Å². The number of aliphatic imine (C=N–C) groups is 1. The third kappa shape index (κ3) is 2.76. The van der Waals surface area contributed by atoms with Crippen LogP contribution in [0.25, 0.3) is 22.5 Å². The van der Waals surface area contributed by atoms with Gasteiger partial charge in [0, 0.05) is 30.7 Å². The zero-order valence-corrected chi connectivity index (χ0v) is 12.6. The maximum absolute atomic E-state index is 4.48. The van der Waals surface area contributed by atoms with Crippen LogP contribution in [0.3, 0.4) is 0 Å². The van der Waals surface area contributed by atoms with Crippen LogP contribution in [0, 0.1) is 0 Å². The molecule has 112 valence electrons. The lowest BCUT2D eigenvalue weighted by Crippen LogP contribution is -2.14. The third-order valence-corrected chi connectivity index (χ3v) is 3.91. The number of benzene rings is 2. The summed E-state index contributed by atoms with van der Waals surface area (Å²) in [4.78, 5) is 13.3. The van der Waals surface area contributed by atoms with E-state index in [1.807, 2.05) is 30.5 Å². The van der Waals surface area contributed by atoms with Gasteiger partial charge in [0.2, 0.25) is 0 Å². The molecule has 4 nitrogen and oxygen atoms in total. The summed E-state index contributed by atoms with van der Waals surface area (Å²) in [5.74, 6) is 0.737. The summed E-state index contributed by atoms with van der Waals surface area (Å²) in [7, 11) is 0. The number of aromatic nitrogens is 2. The minimum Gasteiger partial charge on any atom is -0.287 e. The van der Waals surface area contributed by atoms with Gasteiger partial charge in [-0.25, -0.2) is 9.97 Å². The Morgan fingerprint density at radius 3 is 2.43 bits per heavy atom. The van der Waals surface area contributed by atoms with Crippen molar-refractivity contribution in [1.82, 2.24) is 15.3 Å². The van der Waals surface area contributed by atoms with Crippen molar-refractivity contribution >= 4 is 6.21 Å². The van der Waals surface area contributed by atoms with E-state index in [-0.39, 0.29) is 6.17 Å². The molecule has 0 saturated heterocycles. The second-order valence-corrected chi connectivity index (χ2v) is 5.39. The van der Waals surface area contributed by atoms with Crippen LogP contribution in [0.15, 0.2) is 72.0 Å². The Morgan fingerprint density at radius 2 is 1.70 bits per heavy atom. The summed E-state index contributed by atoms with van der Waals surface area (Å²) >= 11 is 0. The van der Waals surface area contributed by atoms with Crippen molar-refractivity contribution in [3.05, 3.63) is 72.6 Å². The monoisotopic (exact) mass is 300 g/mol. The van der Waals surface area contributed by atoms with Crippen molar-refractivity contribution in [3.63, 3.8) is 0 Å². The Labute approximate surface area is 135 Å². The summed E-state index contributed by atoms with van der Waals surface area (Å²) < 4.78 is 0. The molecule has 0 spiro atoms. The van der Waals surface area contributed by atoms with Crippen molar-refractivity contribution in [3.8, 4) is 22.5 Å². The molecule has 23 heavy (non-hydrogen) atoms. The molecule has 0 fully saturated rings. The van der Waals surface area contributed by atoms with E-state index in [4.69, 9.17) is 0 Å². The lowest BCUT2D eigenvalue weighted by molar-refractivity contribution is 0.644. The van der Waals surface area contributed by atoms with E-state index in [1.54, 1.807) is 12.4 Å². The van der Waals surface area contributed by atoms with Gasteiger partial charge < -0.3 is 0 Å². The highest BCUT2D eigenvalue weighted by molar-refractivity contribution is 5.81. The van der Waals surface area contributed by atoms with Crippen molar-refractivity contribution in [2.24, 2.45) is 4.99 Å². The molecule has 2 heterocycles. The van der Waals surface area contributed by atoms with E-state index < -0.39 is 0 Å². The van der Waals surface area contributed by atoms with Crippen molar-refractivity contribution in [2.45, 2.75) is 6.17 Å². The van der Waals surface area contributed by atoms with E-state index in [0.29, 0.717) is 0 Å². The van der Waals surface area contributed by atoms with E-state index in [1.165, 1.54) is 0 Å². The summed E-state index contributed by atoms with van der Waals surface area (Å²) in [5, 5.41) is 3.36. The molecule has 2 aromatic carbocycles. The molecule has 1 aromatic heterocycles. The molecular formula is C19H16N4. The summed E-state index contributed by atoms with van der Waals surface area (Å²) in [5.41, 5.74) is 4.46. The average molecular weight is 300 g/mol. The SMILES string of the molecule is C1=NC(c2ccc(-c3ncccn3)c(-c3ccccc3)c2)NC1. The molecule has 0 radical (unpaired) electrons. The van der Waals surface area contributed by atoms with Crippen LogP contribution in [0.4, 0.5) is 0 Å². The minimum atomic E-state index is 0.0307. The Kier molecular flexibility index (Phi) is 3.66. The zero-order valence-electron chi connectivity index (χ0n) is 12.6. The molecule has 4 rings (SSSR count). The molecule has 1 unspecified atom stereocenters. The fourth-order valence-electron chi connectivity index (χ4n) is 2.80. The molecule has 1 aliphatic heterocycles. The molecule has 0 bridgehead atoms. The van der Waals surface area contributed by atoms with E-state index >= 15 is 0 Å². The minimum absolute atomic E-state index is 0.0307. The largest absolute Gasteiger partial charge is 0.287 e. The average Bonchev–Trinajstić information content (AvgIpc) is 3.17. The molecule has 0 aliphatic carbocycles. The molecule has 1 aliphatic rings. The van der Waals surface area contributed by atoms with Gasteiger partial charge in [-0.05, 0) is 28.8 Å². The molecule has 1 atom stereocenters. The Bertz CT molecular complexity index is 829. The van der Waals surface area contributed by atoms with Gasteiger partial charge in [0.05, 0.1) is 0 Å². The first-order valence-corrected chi connectivity index (χ1v) is 7.63. The molecule has 3 aromatic rings. The Hall–Kier alpha value is -2.85. The van der Waals surface area contributed by atoms with Crippen LogP contribution in [0.5, 0.6) is 0 Å². The van der Waals surface area contributed by atoms with Crippen LogP contribution in [0.1, 0.15) is 11.7 Å². The highest BCUT2D eigenvalue weighted by Gasteiger charge is 2.16. The summed E-state index contributed by atoms with van der Waals surface area (Å²) in [6.45, 7) is 0.814. The quantitative estimate of drug-likeness (QED) is 0.805. The molecular weight excluding hydrogens is 284 g/mol. The first-order valence-electron chi connectivity index (χ1n) is 7.63. The van der Waals surface area contributed by atoms with Gasteiger partial charge in [0.25, 0.3) is 0 Å². The number of hydrogen-bond donors (Lipinski definition) is 1. The first kappa shape index (κ1) is 13.8. The second-order valence-electron chi connectivity index (χ2n) is 5.39. The van der Waals surface area contributed by atoms with Crippen LogP contribution in [-0.4, -0.2) is 22.7 Å². The zero-order chi connectivity index (χ0) is 15.5. The van der Waals surface area contributed by atoms with E-state index in [9.17, 15) is 0 Å². The lowest BCUT2D eigenvalue weighted by atomic mass is 9.96. The number of rotatable bonds is 3. The molecule has 0 saturated carbocycles. The normalized spacial score (nSPS) is 16.6. The lowest BCUT2D eigenvalue weighted by Gasteiger charge is -2.14. The second kappa shape index (κ2) is 6.10. The predicted molar refractivity (Wildman–Crippen MR) is 92.1 cm³/mol. The smallest absolute Gasteiger partial charge is 0.159 e. The standard InChI is InChI=1S/C19H16N4/c1-2-5-14(6-3-1)17-13-15(18-22-11-12-23-18)7-8-16(17)19-20-9-4-10-21-19/h1-11,13,18,23H,12H2. The number of hydrogen-bond acceptors (Lipinski definition) is 4. The van der Waals surface area contributed by atoms with Gasteiger partial charge in [-0.2, -0.15) is 0 Å². The fraction of sp³-hybridized carbons (Fsp3) is 0.105. The Morgan fingerprint density at radius 1 is 0.870 bits per heavy atom. The maximum Gasteiger partial charge on any atom is 0.159 e. The van der Waals surface area contributed by atoms with Gasteiger partial charge in [-0.3, -0.25) is 10.3 Å². The van der Waals surface area contributed by atoms with Crippen molar-refractivity contribution in [2.75, 3.05) is 6.54 Å². The predicted octanol–water partition coefficient (Wildman–Crippen LogP) is 3.48. The van der Waals surface area contributed by atoms with Crippen LogP contribution in [-0.2, 0) is 0 Å². The van der Waals surface area contributed by atoms with Gasteiger partial charge in [-0.15, -0.1) is 0 Å². The maximum atomic E-state index is 4.48. The summed E-state index contributed by atoms with van der Waals surface area (Å²) in [6.07, 6.45) is 5.49. The molecule has 4 heteroatoms. The van der Waals surface area contributed by atoms with Gasteiger partial charge in [0.15, 0.2) is 5.82 Å². The highest BCUT2D eigenvalue weighted by atomic mass is 15.1. The van der Waals surface area contributed by atoms with Gasteiger partial charge in [0.1, 0.15) is 6.17 Å². The molecule has 0 amide bonds. The topological polar surface area (TPSA) is 50.2 Å². The van der Waals surface area contributed by atoms with Crippen molar-refractivity contribution in [1.29, 1.82) is 0 Å². The fourth-order valence-corrected chi connectivity index (χ4v) is 2.80. The van der Waals surface area contributed by atoms with Crippen LogP contribution >= 0.6 is 0 Å². The highest BCUT2D eigenvalue weighted by Crippen LogP contribution is 2.33. The van der Waals surface area contributed by atoms with E-state index in [2.05, 4.69) is 50.6 Å². The number of nitrogens with zero attached hydrogens (tertiary/aromatic N) is 3. The summed E-state index contributed by atoms with van der Waals surface area (Å²) in [6, 6.07) is 18.5. The van der Waals surface area contributed by atoms with Crippen LogP contribution < -0.4 is 5.32 Å². The first-order chi connectivity index (χ1) is 11.4. The third-order valence-electron chi connectivity index (χ3n) is 3.91.